The minimum Gasteiger partial charge on any atom is -0.300 e. The van der Waals surface area contributed by atoms with Gasteiger partial charge in [0.2, 0.25) is 0 Å². The fourth-order valence-corrected chi connectivity index (χ4v) is 3.59. The maximum Gasteiger partial charge on any atom is 0.0129 e. The molecule has 0 spiro atoms. The quantitative estimate of drug-likeness (QED) is 0.555. The van der Waals surface area contributed by atoms with E-state index >= 15 is 0 Å². The Hall–Kier alpha value is -0.0400. The molecular weight excluding hydrogens is 158 g/mol. The van der Waals surface area contributed by atoms with Crippen LogP contribution in [0.15, 0.2) is 0 Å². The van der Waals surface area contributed by atoms with Crippen LogP contribution in [0.25, 0.3) is 0 Å². The molecule has 1 heterocycles. The Bertz CT molecular complexity index is 197. The average molecular weight is 181 g/mol. The van der Waals surface area contributed by atoms with E-state index in [1.807, 2.05) is 0 Å². The summed E-state index contributed by atoms with van der Waals surface area (Å²) in [4.78, 5) is 2.63. The van der Waals surface area contributed by atoms with Crippen molar-refractivity contribution in [3.05, 3.63) is 0 Å². The van der Waals surface area contributed by atoms with Crippen molar-refractivity contribution in [3.8, 4) is 0 Å². The maximum atomic E-state index is 2.63. The highest BCUT2D eigenvalue weighted by Crippen LogP contribution is 2.49. The smallest absolute Gasteiger partial charge is 0.0129 e. The van der Waals surface area contributed by atoms with Crippen LogP contribution in [0.3, 0.4) is 0 Å². The molecule has 0 radical (unpaired) electrons. The van der Waals surface area contributed by atoms with Gasteiger partial charge in [-0.05, 0) is 38.1 Å². The normalized spacial score (nSPS) is 44.8. The molecule has 2 fully saturated rings. The molecule has 0 amide bonds. The fraction of sp³-hybridized carbons (Fsp3) is 1.00. The average Bonchev–Trinajstić information content (AvgIpc) is 2.30. The number of fused-ring (bicyclic) bond motifs is 1. The Morgan fingerprint density at radius 2 is 1.77 bits per heavy atom. The zero-order chi connectivity index (χ0) is 9.64. The number of hydrogen-bond acceptors (Lipinski definition) is 1. The molecule has 0 bridgehead atoms. The van der Waals surface area contributed by atoms with E-state index in [4.69, 9.17) is 0 Å². The van der Waals surface area contributed by atoms with Gasteiger partial charge in [-0.3, -0.25) is 4.90 Å². The third-order valence-electron chi connectivity index (χ3n) is 4.90. The van der Waals surface area contributed by atoms with Crippen LogP contribution in [0.2, 0.25) is 0 Å². The zero-order valence-corrected chi connectivity index (χ0v) is 9.51. The molecular formula is C12H23N. The van der Waals surface area contributed by atoms with Gasteiger partial charge in [0.25, 0.3) is 0 Å². The first-order valence-corrected chi connectivity index (χ1v) is 5.77. The Labute approximate surface area is 82.5 Å². The number of likely N-dealkylation sites (tertiary alicyclic amines) is 1. The predicted molar refractivity (Wildman–Crippen MR) is 56.8 cm³/mol. The lowest BCUT2D eigenvalue weighted by Crippen LogP contribution is -2.34. The summed E-state index contributed by atoms with van der Waals surface area (Å²) in [6.45, 7) is 7.33. The van der Waals surface area contributed by atoms with Crippen LogP contribution >= 0.6 is 0 Å². The molecule has 0 aromatic carbocycles. The van der Waals surface area contributed by atoms with Crippen LogP contribution < -0.4 is 0 Å². The van der Waals surface area contributed by atoms with E-state index in [-0.39, 0.29) is 0 Å². The second kappa shape index (κ2) is 2.98. The van der Waals surface area contributed by atoms with Gasteiger partial charge in [-0.2, -0.15) is 0 Å². The van der Waals surface area contributed by atoms with E-state index in [2.05, 4.69) is 32.7 Å². The molecule has 13 heavy (non-hydrogen) atoms. The minimum absolute atomic E-state index is 0.542. The highest BCUT2D eigenvalue weighted by molar-refractivity contribution is 5.03. The summed E-state index contributed by atoms with van der Waals surface area (Å²) in [6, 6.07) is 1.65. The standard InChI is InChI=1S/C12H23N/c1-9-12(2,3)10-7-5-6-8-11(10)13(9)4/h9-11H,5-8H2,1-4H3. The first-order valence-electron chi connectivity index (χ1n) is 5.77. The van der Waals surface area contributed by atoms with Crippen molar-refractivity contribution in [2.24, 2.45) is 11.3 Å². The van der Waals surface area contributed by atoms with Gasteiger partial charge in [-0.25, -0.2) is 0 Å². The second-order valence-electron chi connectivity index (χ2n) is 5.62. The Balaban J connectivity index is 2.24. The summed E-state index contributed by atoms with van der Waals surface area (Å²) in [5.74, 6) is 0.959. The van der Waals surface area contributed by atoms with Gasteiger partial charge in [0, 0.05) is 12.1 Å². The van der Waals surface area contributed by atoms with Gasteiger partial charge in [-0.1, -0.05) is 26.7 Å². The first kappa shape index (κ1) is 9.51. The summed E-state index contributed by atoms with van der Waals surface area (Å²) in [7, 11) is 2.32. The van der Waals surface area contributed by atoms with Crippen molar-refractivity contribution in [3.63, 3.8) is 0 Å². The highest BCUT2D eigenvalue weighted by atomic mass is 15.2. The minimum atomic E-state index is 0.542. The van der Waals surface area contributed by atoms with E-state index in [1.54, 1.807) is 0 Å². The molecule has 1 nitrogen and oxygen atoms in total. The topological polar surface area (TPSA) is 3.24 Å². The number of rotatable bonds is 0. The van der Waals surface area contributed by atoms with Crippen LogP contribution in [-0.2, 0) is 0 Å². The lowest BCUT2D eigenvalue weighted by atomic mass is 9.70. The Morgan fingerprint density at radius 1 is 1.15 bits per heavy atom. The molecule has 3 unspecified atom stereocenters. The van der Waals surface area contributed by atoms with Crippen LogP contribution in [0.4, 0.5) is 0 Å². The molecule has 76 valence electrons. The van der Waals surface area contributed by atoms with Crippen LogP contribution in [0.1, 0.15) is 46.5 Å². The molecule has 1 saturated heterocycles. The number of hydrogen-bond donors (Lipinski definition) is 0. The molecule has 1 saturated carbocycles. The Morgan fingerprint density at radius 3 is 2.38 bits per heavy atom. The van der Waals surface area contributed by atoms with Crippen molar-refractivity contribution >= 4 is 0 Å². The molecule has 2 rings (SSSR count). The van der Waals surface area contributed by atoms with Crippen molar-refractivity contribution < 1.29 is 0 Å². The molecule has 2 aliphatic rings. The van der Waals surface area contributed by atoms with Gasteiger partial charge in [0.15, 0.2) is 0 Å². The summed E-state index contributed by atoms with van der Waals surface area (Å²) >= 11 is 0. The van der Waals surface area contributed by atoms with Gasteiger partial charge < -0.3 is 0 Å². The third-order valence-corrected chi connectivity index (χ3v) is 4.90. The van der Waals surface area contributed by atoms with Crippen LogP contribution in [0.5, 0.6) is 0 Å². The fourth-order valence-electron chi connectivity index (χ4n) is 3.59. The second-order valence-corrected chi connectivity index (χ2v) is 5.62. The van der Waals surface area contributed by atoms with Crippen LogP contribution in [0, 0.1) is 11.3 Å². The largest absolute Gasteiger partial charge is 0.300 e. The van der Waals surface area contributed by atoms with E-state index < -0.39 is 0 Å². The monoisotopic (exact) mass is 181 g/mol. The lowest BCUT2D eigenvalue weighted by molar-refractivity contribution is 0.183. The molecule has 3 atom stereocenters. The van der Waals surface area contributed by atoms with E-state index in [0.29, 0.717) is 5.41 Å². The van der Waals surface area contributed by atoms with Crippen LogP contribution in [-0.4, -0.2) is 24.0 Å². The van der Waals surface area contributed by atoms with Gasteiger partial charge in [0.05, 0.1) is 0 Å². The SMILES string of the molecule is CC1N(C)C2CCCCC2C1(C)C. The summed E-state index contributed by atoms with van der Waals surface area (Å²) in [5, 5.41) is 0. The Kier molecular flexibility index (Phi) is 2.18. The number of nitrogens with zero attached hydrogens (tertiary/aromatic N) is 1. The van der Waals surface area contributed by atoms with Crippen molar-refractivity contribution in [2.75, 3.05) is 7.05 Å². The maximum absolute atomic E-state index is 2.63. The van der Waals surface area contributed by atoms with E-state index in [9.17, 15) is 0 Å². The van der Waals surface area contributed by atoms with Gasteiger partial charge >= 0.3 is 0 Å². The molecule has 0 aromatic heterocycles. The summed E-state index contributed by atoms with van der Waals surface area (Å²) < 4.78 is 0. The van der Waals surface area contributed by atoms with E-state index in [1.165, 1.54) is 25.7 Å². The van der Waals surface area contributed by atoms with Crippen molar-refractivity contribution in [2.45, 2.75) is 58.5 Å². The molecule has 1 aliphatic heterocycles. The molecule has 1 aliphatic carbocycles. The van der Waals surface area contributed by atoms with Crippen molar-refractivity contribution in [1.82, 2.24) is 4.90 Å². The zero-order valence-electron chi connectivity index (χ0n) is 9.51. The lowest BCUT2D eigenvalue weighted by Gasteiger charge is -2.34. The predicted octanol–water partition coefficient (Wildman–Crippen LogP) is 2.91. The molecule has 1 heteroatoms. The van der Waals surface area contributed by atoms with Gasteiger partial charge in [-0.15, -0.1) is 0 Å². The summed E-state index contributed by atoms with van der Waals surface area (Å²) in [6.07, 6.45) is 5.82. The summed E-state index contributed by atoms with van der Waals surface area (Å²) in [5.41, 5.74) is 0.542. The molecule has 0 N–H and O–H groups in total. The highest BCUT2D eigenvalue weighted by Gasteiger charge is 2.50. The molecule has 0 aromatic rings. The third kappa shape index (κ3) is 1.24. The van der Waals surface area contributed by atoms with Crippen molar-refractivity contribution in [1.29, 1.82) is 0 Å². The first-order chi connectivity index (χ1) is 6.05. The van der Waals surface area contributed by atoms with E-state index in [0.717, 1.165) is 18.0 Å². The van der Waals surface area contributed by atoms with Gasteiger partial charge in [0.1, 0.15) is 0 Å².